The third-order valence-corrected chi connectivity index (χ3v) is 5.60. The first kappa shape index (κ1) is 18.3. The second-order valence-electron chi connectivity index (χ2n) is 6.77. The predicted molar refractivity (Wildman–Crippen MR) is 105 cm³/mol. The fourth-order valence-electron chi connectivity index (χ4n) is 3.41. The largest absolute Gasteiger partial charge is 0.351 e. The molecule has 0 spiro atoms. The summed E-state index contributed by atoms with van der Waals surface area (Å²) in [6.45, 7) is 1.61. The molecular formula is C19H19N5O3S. The quantitative estimate of drug-likeness (QED) is 0.696. The van der Waals surface area contributed by atoms with E-state index >= 15 is 0 Å². The molecule has 3 heterocycles. The van der Waals surface area contributed by atoms with Crippen molar-refractivity contribution in [1.29, 1.82) is 0 Å². The molecular weight excluding hydrogens is 378 g/mol. The number of carbonyl (C=O) groups is 2. The van der Waals surface area contributed by atoms with Crippen LogP contribution in [0.25, 0.3) is 10.9 Å². The highest BCUT2D eigenvalue weighted by Crippen LogP contribution is 2.18. The van der Waals surface area contributed by atoms with E-state index in [0.717, 1.165) is 12.8 Å². The Bertz CT molecular complexity index is 1060. The molecule has 28 heavy (non-hydrogen) atoms. The van der Waals surface area contributed by atoms with Crippen LogP contribution < -0.4 is 10.9 Å². The molecule has 1 atom stereocenters. The highest BCUT2D eigenvalue weighted by molar-refractivity contribution is 7.11. The first-order chi connectivity index (χ1) is 13.6. The molecule has 1 aliphatic heterocycles. The Morgan fingerprint density at radius 2 is 2.18 bits per heavy atom. The normalized spacial score (nSPS) is 16.9. The van der Waals surface area contributed by atoms with Gasteiger partial charge in [-0.1, -0.05) is 12.1 Å². The number of likely N-dealkylation sites (tertiary alicyclic amines) is 1. The minimum absolute atomic E-state index is 0.0537. The monoisotopic (exact) mass is 397 g/mol. The SMILES string of the molecule is O=C(NCC1CCCN(C(=O)c2nc3ccccc3c(=O)[nH]2)C1)c1cncs1. The number of benzene rings is 1. The van der Waals surface area contributed by atoms with Crippen molar-refractivity contribution in [1.82, 2.24) is 25.2 Å². The molecule has 1 aromatic carbocycles. The number of H-pyrrole nitrogens is 1. The highest BCUT2D eigenvalue weighted by atomic mass is 32.1. The first-order valence-electron chi connectivity index (χ1n) is 9.07. The van der Waals surface area contributed by atoms with Gasteiger partial charge in [-0.05, 0) is 30.9 Å². The third kappa shape index (κ3) is 3.79. The number of thiazole rings is 1. The van der Waals surface area contributed by atoms with Crippen LogP contribution in [0.3, 0.4) is 0 Å². The van der Waals surface area contributed by atoms with E-state index in [1.807, 2.05) is 0 Å². The molecule has 2 N–H and O–H groups in total. The van der Waals surface area contributed by atoms with Crippen molar-refractivity contribution < 1.29 is 9.59 Å². The minimum Gasteiger partial charge on any atom is -0.351 e. The summed E-state index contributed by atoms with van der Waals surface area (Å²) in [6.07, 6.45) is 3.30. The molecule has 4 rings (SSSR count). The van der Waals surface area contributed by atoms with Crippen molar-refractivity contribution in [3.05, 3.63) is 57.0 Å². The maximum atomic E-state index is 12.9. The van der Waals surface area contributed by atoms with Crippen LogP contribution in [0.15, 0.2) is 40.8 Å². The number of carbonyl (C=O) groups excluding carboxylic acids is 2. The molecule has 9 heteroatoms. The summed E-state index contributed by atoms with van der Waals surface area (Å²) >= 11 is 1.29. The molecule has 2 aromatic heterocycles. The second-order valence-corrected chi connectivity index (χ2v) is 7.65. The van der Waals surface area contributed by atoms with E-state index in [2.05, 4.69) is 20.3 Å². The van der Waals surface area contributed by atoms with Crippen LogP contribution in [0.4, 0.5) is 0 Å². The van der Waals surface area contributed by atoms with Gasteiger partial charge < -0.3 is 15.2 Å². The summed E-state index contributed by atoms with van der Waals surface area (Å²) in [5, 5.41) is 3.37. The maximum Gasteiger partial charge on any atom is 0.289 e. The van der Waals surface area contributed by atoms with Gasteiger partial charge >= 0.3 is 0 Å². The van der Waals surface area contributed by atoms with E-state index in [9.17, 15) is 14.4 Å². The van der Waals surface area contributed by atoms with Crippen molar-refractivity contribution in [2.24, 2.45) is 5.92 Å². The standard InChI is InChI=1S/C19H19N5O3S/c25-17-13-5-1-2-6-14(13)22-16(23-17)19(27)24-7-3-4-12(10-24)8-21-18(26)15-9-20-11-28-15/h1-2,5-6,9,11-12H,3-4,7-8,10H2,(H,21,26)(H,22,23,25). The second kappa shape index (κ2) is 7.89. The average Bonchev–Trinajstić information content (AvgIpc) is 3.27. The fourth-order valence-corrected chi connectivity index (χ4v) is 3.94. The smallest absolute Gasteiger partial charge is 0.289 e. The molecule has 1 saturated heterocycles. The molecule has 1 fully saturated rings. The van der Waals surface area contributed by atoms with Gasteiger partial charge in [-0.3, -0.25) is 19.4 Å². The van der Waals surface area contributed by atoms with E-state index in [0.29, 0.717) is 35.4 Å². The number of piperidine rings is 1. The molecule has 2 amide bonds. The summed E-state index contributed by atoms with van der Waals surface area (Å²) in [6, 6.07) is 6.94. The van der Waals surface area contributed by atoms with Gasteiger partial charge in [0.2, 0.25) is 0 Å². The fraction of sp³-hybridized carbons (Fsp3) is 0.316. The van der Waals surface area contributed by atoms with E-state index < -0.39 is 0 Å². The third-order valence-electron chi connectivity index (χ3n) is 4.83. The van der Waals surface area contributed by atoms with E-state index in [4.69, 9.17) is 0 Å². The number of hydrogen-bond donors (Lipinski definition) is 2. The summed E-state index contributed by atoms with van der Waals surface area (Å²) < 4.78 is 0. The van der Waals surface area contributed by atoms with Crippen molar-refractivity contribution in [3.63, 3.8) is 0 Å². The van der Waals surface area contributed by atoms with Gasteiger partial charge in [0.25, 0.3) is 17.4 Å². The van der Waals surface area contributed by atoms with E-state index in [1.165, 1.54) is 11.3 Å². The highest BCUT2D eigenvalue weighted by Gasteiger charge is 2.26. The van der Waals surface area contributed by atoms with Crippen molar-refractivity contribution in [2.75, 3.05) is 19.6 Å². The predicted octanol–water partition coefficient (Wildman–Crippen LogP) is 1.66. The van der Waals surface area contributed by atoms with Gasteiger partial charge in [-0.25, -0.2) is 4.98 Å². The van der Waals surface area contributed by atoms with Crippen molar-refractivity contribution >= 4 is 34.1 Å². The lowest BCUT2D eigenvalue weighted by molar-refractivity contribution is 0.0659. The number of hydrogen-bond acceptors (Lipinski definition) is 6. The van der Waals surface area contributed by atoms with Crippen LogP contribution in [0.2, 0.25) is 0 Å². The molecule has 0 aliphatic carbocycles. The lowest BCUT2D eigenvalue weighted by Gasteiger charge is -2.32. The molecule has 1 aliphatic rings. The number of aromatic nitrogens is 3. The Morgan fingerprint density at radius 3 is 3.00 bits per heavy atom. The summed E-state index contributed by atoms with van der Waals surface area (Å²) in [5.74, 6) is -0.229. The van der Waals surface area contributed by atoms with Gasteiger partial charge in [0.15, 0.2) is 5.82 Å². The van der Waals surface area contributed by atoms with Crippen molar-refractivity contribution in [3.8, 4) is 0 Å². The number of fused-ring (bicyclic) bond motifs is 1. The van der Waals surface area contributed by atoms with Crippen LogP contribution in [-0.4, -0.2) is 51.3 Å². The topological polar surface area (TPSA) is 108 Å². The first-order valence-corrected chi connectivity index (χ1v) is 9.95. The van der Waals surface area contributed by atoms with Gasteiger partial charge in [0.05, 0.1) is 22.6 Å². The van der Waals surface area contributed by atoms with Crippen LogP contribution >= 0.6 is 11.3 Å². The molecule has 1 unspecified atom stereocenters. The molecule has 144 valence electrons. The van der Waals surface area contributed by atoms with Crippen molar-refractivity contribution in [2.45, 2.75) is 12.8 Å². The average molecular weight is 397 g/mol. The molecule has 0 bridgehead atoms. The molecule has 8 nitrogen and oxygen atoms in total. The number of nitrogens with zero attached hydrogens (tertiary/aromatic N) is 3. The Morgan fingerprint density at radius 1 is 1.32 bits per heavy atom. The van der Waals surface area contributed by atoms with Crippen LogP contribution in [0.1, 0.15) is 33.1 Å². The Kier molecular flexibility index (Phi) is 5.16. The van der Waals surface area contributed by atoms with Gasteiger partial charge in [0, 0.05) is 19.6 Å². The zero-order valence-electron chi connectivity index (χ0n) is 15.1. The number of para-hydroxylation sites is 1. The number of amides is 2. The Balaban J connectivity index is 1.43. The van der Waals surface area contributed by atoms with Crippen LogP contribution in [0.5, 0.6) is 0 Å². The maximum absolute atomic E-state index is 12.9. The Labute approximate surface area is 164 Å². The number of nitrogens with one attached hydrogen (secondary N) is 2. The summed E-state index contributed by atoms with van der Waals surface area (Å²) in [5.41, 5.74) is 1.80. The lowest BCUT2D eigenvalue weighted by atomic mass is 9.98. The van der Waals surface area contributed by atoms with Gasteiger partial charge in [-0.2, -0.15) is 0 Å². The number of rotatable bonds is 4. The Hall–Kier alpha value is -3.07. The van der Waals surface area contributed by atoms with Gasteiger partial charge in [0.1, 0.15) is 4.88 Å². The lowest BCUT2D eigenvalue weighted by Crippen LogP contribution is -2.44. The van der Waals surface area contributed by atoms with E-state index in [1.54, 1.807) is 40.9 Å². The summed E-state index contributed by atoms with van der Waals surface area (Å²) in [7, 11) is 0. The molecule has 0 saturated carbocycles. The molecule has 0 radical (unpaired) electrons. The zero-order valence-corrected chi connectivity index (χ0v) is 15.9. The summed E-state index contributed by atoms with van der Waals surface area (Å²) in [4.78, 5) is 50.3. The van der Waals surface area contributed by atoms with E-state index in [-0.39, 0.29) is 29.1 Å². The van der Waals surface area contributed by atoms with Crippen LogP contribution in [0, 0.1) is 5.92 Å². The molecule has 3 aromatic rings. The van der Waals surface area contributed by atoms with Gasteiger partial charge in [-0.15, -0.1) is 11.3 Å². The minimum atomic E-state index is -0.320. The zero-order chi connectivity index (χ0) is 19.5. The van der Waals surface area contributed by atoms with Crippen LogP contribution in [-0.2, 0) is 0 Å². The number of aromatic amines is 1.